The van der Waals surface area contributed by atoms with Gasteiger partial charge in [-0.05, 0) is 20.1 Å². The first-order chi connectivity index (χ1) is 7.99. The van der Waals surface area contributed by atoms with E-state index in [2.05, 4.69) is 15.3 Å². The van der Waals surface area contributed by atoms with E-state index in [1.807, 2.05) is 23.1 Å². The van der Waals surface area contributed by atoms with E-state index in [1.165, 1.54) is 0 Å². The van der Waals surface area contributed by atoms with Crippen LogP contribution in [0, 0.1) is 0 Å². The summed E-state index contributed by atoms with van der Waals surface area (Å²) in [6.07, 6.45) is 7.52. The number of imidazole rings is 1. The number of aliphatic hydroxyl groups is 1. The Morgan fingerprint density at radius 3 is 2.94 bits per heavy atom. The highest BCUT2D eigenvalue weighted by molar-refractivity contribution is 7.98. The average molecular weight is 252 g/mol. The van der Waals surface area contributed by atoms with Crippen LogP contribution in [0.15, 0.2) is 23.6 Å². The van der Waals surface area contributed by atoms with Crippen LogP contribution in [0.2, 0.25) is 0 Å². The molecule has 0 aliphatic carbocycles. The highest BCUT2D eigenvalue weighted by atomic mass is 32.2. The van der Waals surface area contributed by atoms with Gasteiger partial charge >= 0.3 is 0 Å². The Morgan fingerprint density at radius 2 is 2.29 bits per heavy atom. The molecule has 0 bridgehead atoms. The minimum Gasteiger partial charge on any atom is -0.389 e. The molecular weight excluding hydrogens is 236 g/mol. The summed E-state index contributed by atoms with van der Waals surface area (Å²) < 4.78 is 1.92. The van der Waals surface area contributed by atoms with Crippen LogP contribution < -0.4 is 5.32 Å². The van der Waals surface area contributed by atoms with E-state index in [4.69, 9.17) is 0 Å². The number of hydrogen-bond acceptors (Lipinski definition) is 5. The number of aromatic nitrogens is 3. The summed E-state index contributed by atoms with van der Waals surface area (Å²) in [7, 11) is 0. The topological polar surface area (TPSA) is 62.5 Å². The number of rotatable bonds is 4. The summed E-state index contributed by atoms with van der Waals surface area (Å²) in [5, 5.41) is 13.7. The molecule has 6 heteroatoms. The highest BCUT2D eigenvalue weighted by Gasteiger charge is 2.14. The van der Waals surface area contributed by atoms with Crippen molar-refractivity contribution < 1.29 is 5.11 Å². The summed E-state index contributed by atoms with van der Waals surface area (Å²) in [6, 6.07) is 0. The molecule has 0 fully saturated rings. The van der Waals surface area contributed by atoms with Gasteiger partial charge in [0, 0.05) is 25.1 Å². The molecule has 0 aromatic carbocycles. The Kier molecular flexibility index (Phi) is 3.26. The van der Waals surface area contributed by atoms with Crippen LogP contribution in [0.1, 0.15) is 13.8 Å². The van der Waals surface area contributed by atoms with Crippen LogP contribution in [0.5, 0.6) is 0 Å². The lowest BCUT2D eigenvalue weighted by molar-refractivity contribution is 0.0944. The van der Waals surface area contributed by atoms with Crippen molar-refractivity contribution in [2.24, 2.45) is 0 Å². The molecule has 2 rings (SSSR count). The van der Waals surface area contributed by atoms with Gasteiger partial charge < -0.3 is 14.8 Å². The molecule has 0 spiro atoms. The quantitative estimate of drug-likeness (QED) is 0.810. The SMILES string of the molecule is CSc1cn2ccnc2c(NCC(C)(C)O)n1. The molecule has 0 aliphatic rings. The summed E-state index contributed by atoms with van der Waals surface area (Å²) in [5.74, 6) is 0.698. The van der Waals surface area contributed by atoms with Crippen LogP contribution in [0.25, 0.3) is 5.65 Å². The van der Waals surface area contributed by atoms with E-state index < -0.39 is 5.60 Å². The third kappa shape index (κ3) is 2.89. The van der Waals surface area contributed by atoms with Gasteiger partial charge in [0.2, 0.25) is 0 Å². The van der Waals surface area contributed by atoms with Crippen molar-refractivity contribution in [1.82, 2.24) is 14.4 Å². The fraction of sp³-hybridized carbons (Fsp3) is 0.455. The van der Waals surface area contributed by atoms with E-state index >= 15 is 0 Å². The second-order valence-corrected chi connectivity index (χ2v) is 5.28. The molecule has 0 atom stereocenters. The Morgan fingerprint density at radius 1 is 1.53 bits per heavy atom. The molecule has 0 saturated heterocycles. The molecule has 2 heterocycles. The zero-order chi connectivity index (χ0) is 12.5. The predicted octanol–water partition coefficient (Wildman–Crippen LogP) is 1.63. The van der Waals surface area contributed by atoms with Crippen molar-refractivity contribution in [3.05, 3.63) is 18.6 Å². The van der Waals surface area contributed by atoms with Crippen LogP contribution >= 0.6 is 11.8 Å². The summed E-state index contributed by atoms with van der Waals surface area (Å²) >= 11 is 1.57. The largest absolute Gasteiger partial charge is 0.389 e. The van der Waals surface area contributed by atoms with E-state index in [0.717, 1.165) is 10.7 Å². The minimum atomic E-state index is -0.777. The van der Waals surface area contributed by atoms with E-state index in [0.29, 0.717) is 12.4 Å². The molecule has 0 aliphatic heterocycles. The lowest BCUT2D eigenvalue weighted by Gasteiger charge is -2.18. The smallest absolute Gasteiger partial charge is 0.180 e. The fourth-order valence-electron chi connectivity index (χ4n) is 1.43. The van der Waals surface area contributed by atoms with Crippen molar-refractivity contribution in [1.29, 1.82) is 0 Å². The maximum Gasteiger partial charge on any atom is 0.180 e. The minimum absolute atomic E-state index is 0.431. The van der Waals surface area contributed by atoms with Crippen molar-refractivity contribution in [3.63, 3.8) is 0 Å². The normalized spacial score (nSPS) is 12.0. The van der Waals surface area contributed by atoms with Crippen LogP contribution in [-0.2, 0) is 0 Å². The van der Waals surface area contributed by atoms with Gasteiger partial charge in [-0.15, -0.1) is 11.8 Å². The first-order valence-corrected chi connectivity index (χ1v) is 6.56. The molecule has 0 radical (unpaired) electrons. The highest BCUT2D eigenvalue weighted by Crippen LogP contribution is 2.19. The molecule has 0 unspecified atom stereocenters. The molecule has 5 nitrogen and oxygen atoms in total. The monoisotopic (exact) mass is 252 g/mol. The summed E-state index contributed by atoms with van der Waals surface area (Å²) in [6.45, 7) is 3.93. The zero-order valence-electron chi connectivity index (χ0n) is 10.1. The van der Waals surface area contributed by atoms with Gasteiger partial charge in [-0.1, -0.05) is 0 Å². The van der Waals surface area contributed by atoms with Crippen LogP contribution in [-0.4, -0.2) is 37.9 Å². The first kappa shape index (κ1) is 12.2. The molecular formula is C11H16N4OS. The molecule has 92 valence electrons. The first-order valence-electron chi connectivity index (χ1n) is 5.33. The van der Waals surface area contributed by atoms with Crippen LogP contribution in [0.4, 0.5) is 5.82 Å². The van der Waals surface area contributed by atoms with E-state index in [-0.39, 0.29) is 0 Å². The Balaban J connectivity index is 2.34. The molecule has 0 saturated carbocycles. The van der Waals surface area contributed by atoms with Gasteiger partial charge in [-0.2, -0.15) is 0 Å². The number of nitrogens with zero attached hydrogens (tertiary/aromatic N) is 3. The van der Waals surface area contributed by atoms with Gasteiger partial charge in [-0.3, -0.25) is 0 Å². The molecule has 17 heavy (non-hydrogen) atoms. The predicted molar refractivity (Wildman–Crippen MR) is 69.6 cm³/mol. The number of anilines is 1. The Labute approximate surface area is 104 Å². The maximum absolute atomic E-state index is 9.71. The second-order valence-electron chi connectivity index (χ2n) is 4.46. The summed E-state index contributed by atoms with van der Waals surface area (Å²) in [4.78, 5) is 8.69. The Bertz CT molecular complexity index is 518. The van der Waals surface area contributed by atoms with Crippen LogP contribution in [0.3, 0.4) is 0 Å². The van der Waals surface area contributed by atoms with Crippen molar-refractivity contribution in [3.8, 4) is 0 Å². The summed E-state index contributed by atoms with van der Waals surface area (Å²) in [5.41, 5.74) is -0.00674. The lowest BCUT2D eigenvalue weighted by atomic mass is 10.1. The number of hydrogen-bond donors (Lipinski definition) is 2. The number of thioether (sulfide) groups is 1. The van der Waals surface area contributed by atoms with E-state index in [1.54, 1.807) is 31.8 Å². The van der Waals surface area contributed by atoms with Crippen molar-refractivity contribution >= 4 is 23.2 Å². The Hall–Kier alpha value is -1.27. The maximum atomic E-state index is 9.71. The number of fused-ring (bicyclic) bond motifs is 1. The van der Waals surface area contributed by atoms with Crippen molar-refractivity contribution in [2.75, 3.05) is 18.1 Å². The van der Waals surface area contributed by atoms with Gasteiger partial charge in [-0.25, -0.2) is 9.97 Å². The lowest BCUT2D eigenvalue weighted by Crippen LogP contribution is -2.29. The van der Waals surface area contributed by atoms with E-state index in [9.17, 15) is 5.11 Å². The van der Waals surface area contributed by atoms with Gasteiger partial charge in [0.1, 0.15) is 5.03 Å². The molecule has 2 aromatic rings. The molecule has 2 N–H and O–H groups in total. The molecule has 0 amide bonds. The van der Waals surface area contributed by atoms with Gasteiger partial charge in [0.25, 0.3) is 0 Å². The molecule has 2 aromatic heterocycles. The second kappa shape index (κ2) is 4.54. The fourth-order valence-corrected chi connectivity index (χ4v) is 1.83. The average Bonchev–Trinajstić information content (AvgIpc) is 2.72. The standard InChI is InChI=1S/C11H16N4OS/c1-11(2,16)7-13-9-10-12-4-5-15(10)6-8(14-9)17-3/h4-6,16H,7H2,1-3H3,(H,13,14). The zero-order valence-corrected chi connectivity index (χ0v) is 11.0. The third-order valence-corrected chi connectivity index (χ3v) is 2.86. The van der Waals surface area contributed by atoms with Gasteiger partial charge in [0.05, 0.1) is 5.60 Å². The third-order valence-electron chi connectivity index (χ3n) is 2.25. The van der Waals surface area contributed by atoms with Crippen molar-refractivity contribution in [2.45, 2.75) is 24.5 Å². The number of nitrogens with one attached hydrogen (secondary N) is 1. The van der Waals surface area contributed by atoms with Gasteiger partial charge in [0.15, 0.2) is 11.5 Å².